The van der Waals surface area contributed by atoms with Crippen LogP contribution in [0.25, 0.3) is 0 Å². The van der Waals surface area contributed by atoms with Gasteiger partial charge in [0.2, 0.25) is 11.8 Å². The van der Waals surface area contributed by atoms with Gasteiger partial charge in [0, 0.05) is 49.4 Å². The Balaban J connectivity index is 1.17. The SMILES string of the molecule is Cc1ccc(F)c2c1NC(C(=O)N[C@@H]1CCC[C@H](N3CCN4C(=O)COC[C@H]4C3)C1)C2. The number of benzene rings is 1. The summed E-state index contributed by atoms with van der Waals surface area (Å²) < 4.78 is 19.6. The molecule has 2 N–H and O–H groups in total. The third-order valence-electron chi connectivity index (χ3n) is 7.39. The fraction of sp³-hybridized carbons (Fsp3) is 0.652. The van der Waals surface area contributed by atoms with Crippen LogP contribution in [0, 0.1) is 12.7 Å². The third kappa shape index (κ3) is 4.03. The molecule has 2 amide bonds. The highest BCUT2D eigenvalue weighted by Crippen LogP contribution is 2.32. The number of nitrogens with zero attached hydrogens (tertiary/aromatic N) is 2. The normalized spacial score (nSPS) is 31.0. The van der Waals surface area contributed by atoms with E-state index in [0.29, 0.717) is 24.6 Å². The molecule has 0 bridgehead atoms. The molecule has 1 unspecified atom stereocenters. The van der Waals surface area contributed by atoms with E-state index in [9.17, 15) is 14.0 Å². The molecular weight excluding hydrogens is 399 g/mol. The molecule has 2 saturated heterocycles. The van der Waals surface area contributed by atoms with Crippen LogP contribution in [0.1, 0.15) is 36.8 Å². The van der Waals surface area contributed by atoms with Crippen LogP contribution in [0.15, 0.2) is 12.1 Å². The Morgan fingerprint density at radius 1 is 1.26 bits per heavy atom. The Bertz CT molecular complexity index is 848. The van der Waals surface area contributed by atoms with E-state index in [1.165, 1.54) is 6.07 Å². The lowest BCUT2D eigenvalue weighted by molar-refractivity contribution is -0.153. The number of rotatable bonds is 3. The van der Waals surface area contributed by atoms with Crippen molar-refractivity contribution in [2.24, 2.45) is 0 Å². The molecule has 1 saturated carbocycles. The van der Waals surface area contributed by atoms with E-state index in [4.69, 9.17) is 4.74 Å². The number of hydrogen-bond acceptors (Lipinski definition) is 5. The maximum atomic E-state index is 14.2. The van der Waals surface area contributed by atoms with Gasteiger partial charge in [0.05, 0.1) is 12.6 Å². The summed E-state index contributed by atoms with van der Waals surface area (Å²) in [4.78, 5) is 29.4. The predicted molar refractivity (Wildman–Crippen MR) is 114 cm³/mol. The first-order chi connectivity index (χ1) is 15.0. The Kier molecular flexibility index (Phi) is 5.60. The molecule has 4 atom stereocenters. The molecule has 1 aliphatic carbocycles. The summed E-state index contributed by atoms with van der Waals surface area (Å²) in [6.45, 7) is 5.23. The number of carbonyl (C=O) groups excluding carboxylic acids is 2. The molecule has 7 nitrogen and oxygen atoms in total. The van der Waals surface area contributed by atoms with E-state index in [1.54, 1.807) is 6.07 Å². The summed E-state index contributed by atoms with van der Waals surface area (Å²) in [5.74, 6) is -0.191. The first-order valence-electron chi connectivity index (χ1n) is 11.5. The summed E-state index contributed by atoms with van der Waals surface area (Å²) in [5.41, 5.74) is 2.35. The van der Waals surface area contributed by atoms with Crippen molar-refractivity contribution in [2.45, 2.75) is 63.2 Å². The van der Waals surface area contributed by atoms with Crippen molar-refractivity contribution in [1.82, 2.24) is 15.1 Å². The van der Waals surface area contributed by atoms with Crippen LogP contribution in [0.5, 0.6) is 0 Å². The van der Waals surface area contributed by atoms with Gasteiger partial charge in [0.1, 0.15) is 18.5 Å². The molecule has 4 aliphatic rings. The maximum absolute atomic E-state index is 14.2. The second-order valence-corrected chi connectivity index (χ2v) is 9.40. The lowest BCUT2D eigenvalue weighted by Gasteiger charge is -2.47. The summed E-state index contributed by atoms with van der Waals surface area (Å²) in [7, 11) is 0. The standard InChI is InChI=1S/C23H31FN4O3/c1-14-5-6-19(24)18-10-20(26-22(14)18)23(30)25-15-3-2-4-16(9-15)27-7-8-28-17(11-27)12-31-13-21(28)29/h5-6,15-17,20,26H,2-4,7-13H2,1H3,(H,25,30)/t15-,16+,17-,20?/m1/s1. The molecule has 1 aromatic carbocycles. The molecule has 0 spiro atoms. The second kappa shape index (κ2) is 8.39. The lowest BCUT2D eigenvalue weighted by atomic mass is 9.88. The van der Waals surface area contributed by atoms with Crippen molar-refractivity contribution in [1.29, 1.82) is 0 Å². The number of amides is 2. The number of anilines is 1. The van der Waals surface area contributed by atoms with Gasteiger partial charge in [-0.2, -0.15) is 0 Å². The molecule has 168 valence electrons. The Morgan fingerprint density at radius 2 is 2.13 bits per heavy atom. The van der Waals surface area contributed by atoms with Crippen LogP contribution < -0.4 is 10.6 Å². The monoisotopic (exact) mass is 430 g/mol. The fourth-order valence-corrected chi connectivity index (χ4v) is 5.70. The number of piperazine rings is 1. The molecule has 3 fully saturated rings. The lowest BCUT2D eigenvalue weighted by Crippen LogP contribution is -2.62. The molecular formula is C23H31FN4O3. The first-order valence-corrected chi connectivity index (χ1v) is 11.5. The number of aryl methyl sites for hydroxylation is 1. The molecule has 8 heteroatoms. The molecule has 0 aromatic heterocycles. The van der Waals surface area contributed by atoms with Crippen LogP contribution in [0.2, 0.25) is 0 Å². The Hall–Kier alpha value is -2.19. The molecule has 3 heterocycles. The topological polar surface area (TPSA) is 73.9 Å². The average Bonchev–Trinajstić information content (AvgIpc) is 3.24. The Labute approximate surface area is 182 Å². The van der Waals surface area contributed by atoms with E-state index in [2.05, 4.69) is 15.5 Å². The number of hydrogen-bond donors (Lipinski definition) is 2. The van der Waals surface area contributed by atoms with E-state index < -0.39 is 6.04 Å². The summed E-state index contributed by atoms with van der Waals surface area (Å²) in [6.07, 6.45) is 4.47. The molecule has 5 rings (SSSR count). The highest BCUT2D eigenvalue weighted by Gasteiger charge is 2.38. The van der Waals surface area contributed by atoms with Crippen LogP contribution in [-0.2, 0) is 20.7 Å². The van der Waals surface area contributed by atoms with Gasteiger partial charge in [0.25, 0.3) is 0 Å². The minimum Gasteiger partial charge on any atom is -0.373 e. The highest BCUT2D eigenvalue weighted by molar-refractivity contribution is 5.88. The average molecular weight is 431 g/mol. The van der Waals surface area contributed by atoms with Gasteiger partial charge >= 0.3 is 0 Å². The molecule has 31 heavy (non-hydrogen) atoms. The van der Waals surface area contributed by atoms with E-state index in [1.807, 2.05) is 11.8 Å². The predicted octanol–water partition coefficient (Wildman–Crippen LogP) is 1.44. The van der Waals surface area contributed by atoms with Crippen LogP contribution in [0.3, 0.4) is 0 Å². The zero-order chi connectivity index (χ0) is 21.5. The smallest absolute Gasteiger partial charge is 0.248 e. The molecule has 0 radical (unpaired) electrons. The zero-order valence-electron chi connectivity index (χ0n) is 18.0. The van der Waals surface area contributed by atoms with Gasteiger partial charge in [-0.1, -0.05) is 6.07 Å². The van der Waals surface area contributed by atoms with E-state index in [-0.39, 0.29) is 36.3 Å². The number of nitrogens with one attached hydrogen (secondary N) is 2. The Morgan fingerprint density at radius 3 is 2.97 bits per heavy atom. The van der Waals surface area contributed by atoms with Crippen molar-refractivity contribution in [3.05, 3.63) is 29.1 Å². The largest absolute Gasteiger partial charge is 0.373 e. The van der Waals surface area contributed by atoms with Gasteiger partial charge in [0.15, 0.2) is 0 Å². The van der Waals surface area contributed by atoms with Gasteiger partial charge in [-0.15, -0.1) is 0 Å². The van der Waals surface area contributed by atoms with Gasteiger partial charge in [-0.25, -0.2) is 4.39 Å². The maximum Gasteiger partial charge on any atom is 0.248 e. The highest BCUT2D eigenvalue weighted by atomic mass is 19.1. The van der Waals surface area contributed by atoms with Crippen LogP contribution >= 0.6 is 0 Å². The van der Waals surface area contributed by atoms with Gasteiger partial charge < -0.3 is 20.3 Å². The van der Waals surface area contributed by atoms with Crippen molar-refractivity contribution < 1.29 is 18.7 Å². The van der Waals surface area contributed by atoms with Gasteiger partial charge in [-0.3, -0.25) is 14.5 Å². The van der Waals surface area contributed by atoms with Gasteiger partial charge in [-0.05, 0) is 44.2 Å². The zero-order valence-corrected chi connectivity index (χ0v) is 18.0. The number of morpholine rings is 1. The van der Waals surface area contributed by atoms with Crippen molar-refractivity contribution in [3.63, 3.8) is 0 Å². The fourth-order valence-electron chi connectivity index (χ4n) is 5.70. The third-order valence-corrected chi connectivity index (χ3v) is 7.39. The van der Waals surface area contributed by atoms with Crippen molar-refractivity contribution in [2.75, 3.05) is 38.2 Å². The summed E-state index contributed by atoms with van der Waals surface area (Å²) >= 11 is 0. The quantitative estimate of drug-likeness (QED) is 0.759. The van der Waals surface area contributed by atoms with Crippen molar-refractivity contribution >= 4 is 17.5 Å². The minimum atomic E-state index is -0.417. The minimum absolute atomic E-state index is 0.0447. The first kappa shape index (κ1) is 20.7. The van der Waals surface area contributed by atoms with E-state index in [0.717, 1.165) is 56.6 Å². The number of fused-ring (bicyclic) bond motifs is 2. The molecule has 1 aromatic rings. The summed E-state index contributed by atoms with van der Waals surface area (Å²) in [5, 5.41) is 6.46. The second-order valence-electron chi connectivity index (χ2n) is 9.40. The number of carbonyl (C=O) groups is 2. The number of ether oxygens (including phenoxy) is 1. The number of halogens is 1. The summed E-state index contributed by atoms with van der Waals surface area (Å²) in [6, 6.07) is 3.49. The van der Waals surface area contributed by atoms with Crippen molar-refractivity contribution in [3.8, 4) is 0 Å². The molecule has 3 aliphatic heterocycles. The van der Waals surface area contributed by atoms with E-state index >= 15 is 0 Å². The van der Waals surface area contributed by atoms with Crippen LogP contribution in [0.4, 0.5) is 10.1 Å². The van der Waals surface area contributed by atoms with Crippen LogP contribution in [-0.4, -0.2) is 78.6 Å².